The van der Waals surface area contributed by atoms with E-state index < -0.39 is 0 Å². The van der Waals surface area contributed by atoms with Crippen molar-refractivity contribution in [3.05, 3.63) is 30.3 Å². The lowest BCUT2D eigenvalue weighted by Gasteiger charge is -2.36. The first-order valence-electron chi connectivity index (χ1n) is 12.1. The maximum absolute atomic E-state index is 5.50. The van der Waals surface area contributed by atoms with Crippen molar-refractivity contribution in [2.24, 2.45) is 4.99 Å². The van der Waals surface area contributed by atoms with Crippen LogP contribution in [0, 0.1) is 0 Å². The smallest absolute Gasteiger partial charge is 0.193 e. The second kappa shape index (κ2) is 13.6. The Morgan fingerprint density at radius 1 is 1.00 bits per heavy atom. The Kier molecular flexibility index (Phi) is 10.8. The molecule has 7 nitrogen and oxygen atoms in total. The molecule has 3 aliphatic heterocycles. The molecular formula is C24H41IN6O. The van der Waals surface area contributed by atoms with E-state index in [9.17, 15) is 0 Å². The number of aliphatic imine (C=N–C) groups is 1. The highest BCUT2D eigenvalue weighted by molar-refractivity contribution is 14.0. The number of piperazine rings is 1. The van der Waals surface area contributed by atoms with Gasteiger partial charge >= 0.3 is 0 Å². The molecule has 0 radical (unpaired) electrons. The average molecular weight is 557 g/mol. The predicted octanol–water partition coefficient (Wildman–Crippen LogP) is 2.19. The Labute approximate surface area is 211 Å². The minimum atomic E-state index is 0. The fraction of sp³-hybridized carbons (Fsp3) is 0.708. The van der Waals surface area contributed by atoms with E-state index in [0.29, 0.717) is 6.04 Å². The van der Waals surface area contributed by atoms with Crippen LogP contribution in [0.1, 0.15) is 19.3 Å². The first-order valence-corrected chi connectivity index (χ1v) is 12.1. The minimum absolute atomic E-state index is 0. The van der Waals surface area contributed by atoms with Gasteiger partial charge in [-0.2, -0.15) is 0 Å². The maximum atomic E-state index is 5.50. The summed E-state index contributed by atoms with van der Waals surface area (Å²) >= 11 is 0. The number of rotatable bonds is 7. The highest BCUT2D eigenvalue weighted by Crippen LogP contribution is 2.17. The SMILES string of the molecule is CN=C(NCCCCN1CCN(c2ccccc2)CC1)N1CCC(N2CCOCC2)C1.I. The van der Waals surface area contributed by atoms with Crippen molar-refractivity contribution in [1.29, 1.82) is 0 Å². The average Bonchev–Trinajstić information content (AvgIpc) is 3.33. The zero-order valence-corrected chi connectivity index (χ0v) is 22.0. The number of nitrogens with zero attached hydrogens (tertiary/aromatic N) is 5. The summed E-state index contributed by atoms with van der Waals surface area (Å²) in [6, 6.07) is 11.4. The third-order valence-corrected chi connectivity index (χ3v) is 6.91. The van der Waals surface area contributed by atoms with Gasteiger partial charge in [0.05, 0.1) is 13.2 Å². The van der Waals surface area contributed by atoms with E-state index in [0.717, 1.165) is 65.0 Å². The van der Waals surface area contributed by atoms with Crippen LogP contribution < -0.4 is 10.2 Å². The van der Waals surface area contributed by atoms with E-state index in [4.69, 9.17) is 4.74 Å². The molecule has 1 aromatic carbocycles. The normalized spacial score (nSPS) is 23.3. The number of hydrogen-bond donors (Lipinski definition) is 1. The molecule has 1 atom stereocenters. The second-order valence-corrected chi connectivity index (χ2v) is 8.88. The zero-order valence-electron chi connectivity index (χ0n) is 19.6. The Bertz CT molecular complexity index is 676. The molecule has 3 heterocycles. The number of anilines is 1. The topological polar surface area (TPSA) is 46.6 Å². The molecule has 0 spiro atoms. The standard InChI is InChI=1S/C24H40N6O.HI/c1-25-24(30-12-9-23(21-30)29-17-19-31-20-18-29)26-10-5-6-11-27-13-15-28(16-14-27)22-7-3-2-4-8-22;/h2-4,7-8,23H,5-6,9-21H2,1H3,(H,25,26);1H. The number of guanidine groups is 1. The third kappa shape index (κ3) is 7.20. The van der Waals surface area contributed by atoms with Crippen LogP contribution in [0.4, 0.5) is 5.69 Å². The molecule has 0 bridgehead atoms. The number of nitrogens with one attached hydrogen (secondary N) is 1. The van der Waals surface area contributed by atoms with Gasteiger partial charge in [-0.25, -0.2) is 0 Å². The van der Waals surface area contributed by atoms with Crippen LogP contribution in [0.15, 0.2) is 35.3 Å². The van der Waals surface area contributed by atoms with Crippen LogP contribution in [-0.4, -0.2) is 112 Å². The largest absolute Gasteiger partial charge is 0.379 e. The number of likely N-dealkylation sites (tertiary alicyclic amines) is 1. The number of morpholine rings is 1. The van der Waals surface area contributed by atoms with Crippen molar-refractivity contribution in [3.63, 3.8) is 0 Å². The van der Waals surface area contributed by atoms with Crippen LogP contribution in [0.25, 0.3) is 0 Å². The Morgan fingerprint density at radius 3 is 2.47 bits per heavy atom. The van der Waals surface area contributed by atoms with Gasteiger partial charge < -0.3 is 19.9 Å². The quantitative estimate of drug-likeness (QED) is 0.241. The van der Waals surface area contributed by atoms with E-state index in [2.05, 4.69) is 60.2 Å². The molecule has 180 valence electrons. The Balaban J connectivity index is 0.00000289. The van der Waals surface area contributed by atoms with Crippen molar-refractivity contribution in [2.75, 3.05) is 90.6 Å². The highest BCUT2D eigenvalue weighted by atomic mass is 127. The number of para-hydroxylation sites is 1. The Hall–Kier alpha value is -1.10. The van der Waals surface area contributed by atoms with Crippen LogP contribution in [0.2, 0.25) is 0 Å². The summed E-state index contributed by atoms with van der Waals surface area (Å²) in [6.07, 6.45) is 3.67. The monoisotopic (exact) mass is 556 g/mol. The van der Waals surface area contributed by atoms with Crippen molar-refractivity contribution >= 4 is 35.6 Å². The number of benzene rings is 1. The lowest BCUT2D eigenvalue weighted by atomic mass is 10.2. The molecule has 0 amide bonds. The van der Waals surface area contributed by atoms with Gasteiger partial charge in [-0.3, -0.25) is 14.8 Å². The van der Waals surface area contributed by atoms with E-state index in [-0.39, 0.29) is 24.0 Å². The van der Waals surface area contributed by atoms with Gasteiger partial charge in [0.1, 0.15) is 0 Å². The van der Waals surface area contributed by atoms with Crippen LogP contribution in [0.3, 0.4) is 0 Å². The van der Waals surface area contributed by atoms with E-state index in [1.54, 1.807) is 0 Å². The summed E-state index contributed by atoms with van der Waals surface area (Å²) < 4.78 is 5.50. The van der Waals surface area contributed by atoms with Gasteiger partial charge in [-0.1, -0.05) is 18.2 Å². The molecule has 0 aromatic heterocycles. The molecule has 1 N–H and O–H groups in total. The first kappa shape index (κ1) is 25.5. The van der Waals surface area contributed by atoms with Gasteiger partial charge in [0.2, 0.25) is 0 Å². The van der Waals surface area contributed by atoms with Gasteiger partial charge in [0.25, 0.3) is 0 Å². The van der Waals surface area contributed by atoms with Gasteiger partial charge in [-0.05, 0) is 37.9 Å². The number of halogens is 1. The molecule has 1 unspecified atom stereocenters. The van der Waals surface area contributed by atoms with Crippen molar-refractivity contribution < 1.29 is 4.74 Å². The van der Waals surface area contributed by atoms with E-state index in [1.807, 2.05) is 7.05 Å². The predicted molar refractivity (Wildman–Crippen MR) is 143 cm³/mol. The maximum Gasteiger partial charge on any atom is 0.193 e. The molecule has 4 rings (SSSR count). The Morgan fingerprint density at radius 2 is 1.75 bits per heavy atom. The van der Waals surface area contributed by atoms with Gasteiger partial charge in [0, 0.05) is 77.7 Å². The number of hydrogen-bond acceptors (Lipinski definition) is 5. The second-order valence-electron chi connectivity index (χ2n) is 8.88. The number of unbranched alkanes of at least 4 members (excludes halogenated alkanes) is 1. The van der Waals surface area contributed by atoms with Crippen LogP contribution in [0.5, 0.6) is 0 Å². The highest BCUT2D eigenvalue weighted by Gasteiger charge is 2.30. The third-order valence-electron chi connectivity index (χ3n) is 6.91. The molecule has 3 saturated heterocycles. The van der Waals surface area contributed by atoms with E-state index in [1.165, 1.54) is 44.6 Å². The number of ether oxygens (including phenoxy) is 1. The van der Waals surface area contributed by atoms with Gasteiger partial charge in [0.15, 0.2) is 5.96 Å². The van der Waals surface area contributed by atoms with Crippen LogP contribution in [-0.2, 0) is 4.74 Å². The zero-order chi connectivity index (χ0) is 21.3. The summed E-state index contributed by atoms with van der Waals surface area (Å²) in [4.78, 5) is 14.7. The first-order chi connectivity index (χ1) is 15.3. The van der Waals surface area contributed by atoms with Crippen LogP contribution >= 0.6 is 24.0 Å². The molecule has 0 saturated carbocycles. The van der Waals surface area contributed by atoms with Gasteiger partial charge in [-0.15, -0.1) is 24.0 Å². The molecular weight excluding hydrogens is 515 g/mol. The summed E-state index contributed by atoms with van der Waals surface area (Å²) in [6.45, 7) is 12.9. The minimum Gasteiger partial charge on any atom is -0.379 e. The molecule has 0 aliphatic carbocycles. The fourth-order valence-electron chi connectivity index (χ4n) is 5.04. The molecule has 8 heteroatoms. The lowest BCUT2D eigenvalue weighted by molar-refractivity contribution is 0.0195. The summed E-state index contributed by atoms with van der Waals surface area (Å²) in [5.41, 5.74) is 1.36. The summed E-state index contributed by atoms with van der Waals surface area (Å²) in [7, 11) is 1.91. The van der Waals surface area contributed by atoms with Crippen molar-refractivity contribution in [3.8, 4) is 0 Å². The fourth-order valence-corrected chi connectivity index (χ4v) is 5.04. The van der Waals surface area contributed by atoms with Crippen molar-refractivity contribution in [2.45, 2.75) is 25.3 Å². The molecule has 1 aromatic rings. The van der Waals surface area contributed by atoms with E-state index >= 15 is 0 Å². The molecule has 3 aliphatic rings. The van der Waals surface area contributed by atoms with Crippen molar-refractivity contribution in [1.82, 2.24) is 20.0 Å². The molecule has 3 fully saturated rings. The summed E-state index contributed by atoms with van der Waals surface area (Å²) in [5.74, 6) is 1.08. The summed E-state index contributed by atoms with van der Waals surface area (Å²) in [5, 5.41) is 3.61. The lowest BCUT2D eigenvalue weighted by Crippen LogP contribution is -2.47. The molecule has 32 heavy (non-hydrogen) atoms.